The number of amides is 4. The number of imide groups is 2. The Hall–Kier alpha value is -2.17. The lowest BCUT2D eigenvalue weighted by atomic mass is 10.1. The first-order valence-corrected chi connectivity index (χ1v) is 5.42. The van der Waals surface area contributed by atoms with Gasteiger partial charge in [0.2, 0.25) is 0 Å². The summed E-state index contributed by atoms with van der Waals surface area (Å²) in [6, 6.07) is 6.34. The highest BCUT2D eigenvalue weighted by atomic mass is 16.2. The average Bonchev–Trinajstić information content (AvgIpc) is 2.55. The number of aryl methyl sites for hydroxylation is 1. The quantitative estimate of drug-likeness (QED) is 0.629. The summed E-state index contributed by atoms with van der Waals surface area (Å²) in [6.45, 7) is 2.07. The van der Waals surface area contributed by atoms with Crippen LogP contribution in [0.1, 0.15) is 18.9 Å². The van der Waals surface area contributed by atoms with Gasteiger partial charge in [0.15, 0.2) is 0 Å². The second kappa shape index (κ2) is 4.37. The molecule has 5 heteroatoms. The molecule has 88 valence electrons. The van der Waals surface area contributed by atoms with Gasteiger partial charge in [0, 0.05) is 0 Å². The second-order valence-electron chi connectivity index (χ2n) is 3.82. The number of nitrogens with one attached hydrogen (secondary N) is 1. The fraction of sp³-hybridized carbons (Fsp3) is 0.250. The van der Waals surface area contributed by atoms with Gasteiger partial charge in [0.05, 0.1) is 5.69 Å². The summed E-state index contributed by atoms with van der Waals surface area (Å²) >= 11 is 0. The Morgan fingerprint density at radius 3 is 2.24 bits per heavy atom. The lowest BCUT2D eigenvalue weighted by Gasteiger charge is -2.11. The summed E-state index contributed by atoms with van der Waals surface area (Å²) in [6.07, 6.45) is 1.97. The van der Waals surface area contributed by atoms with Crippen LogP contribution in [0, 0.1) is 0 Å². The van der Waals surface area contributed by atoms with Gasteiger partial charge in [-0.2, -0.15) is 0 Å². The van der Waals surface area contributed by atoms with Gasteiger partial charge in [0.25, 0.3) is 0 Å². The van der Waals surface area contributed by atoms with E-state index in [1.165, 1.54) is 0 Å². The minimum Gasteiger partial charge on any atom is -0.269 e. The largest absolute Gasteiger partial charge is 0.336 e. The van der Waals surface area contributed by atoms with Crippen molar-refractivity contribution in [2.75, 3.05) is 4.90 Å². The molecule has 1 aromatic rings. The van der Waals surface area contributed by atoms with E-state index in [2.05, 4.69) is 6.92 Å². The van der Waals surface area contributed by atoms with Crippen molar-refractivity contribution in [2.45, 2.75) is 19.8 Å². The van der Waals surface area contributed by atoms with Crippen LogP contribution in [-0.4, -0.2) is 17.8 Å². The lowest BCUT2D eigenvalue weighted by molar-refractivity contribution is -0.134. The predicted octanol–water partition coefficient (Wildman–Crippen LogP) is 1.22. The van der Waals surface area contributed by atoms with Gasteiger partial charge in [-0.25, -0.2) is 9.69 Å². The van der Waals surface area contributed by atoms with Crippen molar-refractivity contribution in [1.82, 2.24) is 5.32 Å². The van der Waals surface area contributed by atoms with Gasteiger partial charge in [0.1, 0.15) is 0 Å². The molecule has 1 saturated heterocycles. The van der Waals surface area contributed by atoms with E-state index in [1.807, 2.05) is 17.4 Å². The van der Waals surface area contributed by atoms with Crippen LogP contribution in [-0.2, 0) is 16.0 Å². The maximum atomic E-state index is 11.4. The number of carbonyl (C=O) groups is 3. The first-order chi connectivity index (χ1) is 8.13. The van der Waals surface area contributed by atoms with Crippen molar-refractivity contribution in [3.05, 3.63) is 29.8 Å². The molecule has 1 fully saturated rings. The van der Waals surface area contributed by atoms with E-state index in [-0.39, 0.29) is 0 Å². The Labute approximate surface area is 98.4 Å². The van der Waals surface area contributed by atoms with E-state index in [1.54, 1.807) is 12.1 Å². The van der Waals surface area contributed by atoms with Crippen molar-refractivity contribution in [1.29, 1.82) is 0 Å². The molecule has 0 atom stereocenters. The molecule has 1 aliphatic heterocycles. The molecule has 17 heavy (non-hydrogen) atoms. The highest BCUT2D eigenvalue weighted by Gasteiger charge is 2.37. The summed E-state index contributed by atoms with van der Waals surface area (Å²) in [7, 11) is 0. The number of benzene rings is 1. The Morgan fingerprint density at radius 1 is 1.12 bits per heavy atom. The van der Waals surface area contributed by atoms with E-state index in [0.717, 1.165) is 23.3 Å². The third kappa shape index (κ3) is 2.04. The minimum atomic E-state index is -0.882. The molecule has 0 unspecified atom stereocenters. The molecule has 1 aliphatic rings. The summed E-state index contributed by atoms with van der Waals surface area (Å²) in [5, 5.41) is 1.95. The van der Waals surface area contributed by atoms with Crippen LogP contribution in [0.15, 0.2) is 24.3 Å². The van der Waals surface area contributed by atoms with Crippen molar-refractivity contribution in [3.8, 4) is 0 Å². The number of rotatable bonds is 3. The van der Waals surface area contributed by atoms with Gasteiger partial charge < -0.3 is 0 Å². The predicted molar refractivity (Wildman–Crippen MR) is 61.5 cm³/mol. The van der Waals surface area contributed by atoms with Crippen molar-refractivity contribution in [3.63, 3.8) is 0 Å². The molecular formula is C12H12N2O3. The third-order valence-electron chi connectivity index (χ3n) is 2.55. The topological polar surface area (TPSA) is 66.5 Å². The van der Waals surface area contributed by atoms with E-state index in [9.17, 15) is 14.4 Å². The molecule has 0 radical (unpaired) electrons. The van der Waals surface area contributed by atoms with Gasteiger partial charge >= 0.3 is 17.8 Å². The highest BCUT2D eigenvalue weighted by molar-refractivity contribution is 6.53. The second-order valence-corrected chi connectivity index (χ2v) is 3.82. The molecule has 0 aliphatic carbocycles. The normalized spacial score (nSPS) is 15.4. The summed E-state index contributed by atoms with van der Waals surface area (Å²) in [5.41, 5.74) is 1.55. The molecule has 0 saturated carbocycles. The Kier molecular flexibility index (Phi) is 2.91. The molecule has 1 N–H and O–H groups in total. The number of urea groups is 1. The standard InChI is InChI=1S/C12H12N2O3/c1-2-3-8-4-6-9(7-5-8)14-11(16)10(15)13-12(14)17/h4-7H,2-3H2,1H3,(H,13,15,17). The minimum absolute atomic E-state index is 0.415. The van der Waals surface area contributed by atoms with E-state index in [4.69, 9.17) is 0 Å². The first-order valence-electron chi connectivity index (χ1n) is 5.42. The monoisotopic (exact) mass is 232 g/mol. The number of carbonyl (C=O) groups excluding carboxylic acids is 3. The van der Waals surface area contributed by atoms with Crippen molar-refractivity contribution < 1.29 is 14.4 Å². The molecule has 4 amide bonds. The molecule has 5 nitrogen and oxygen atoms in total. The SMILES string of the molecule is CCCc1ccc(N2C(=O)NC(=O)C2=O)cc1. The Morgan fingerprint density at radius 2 is 1.76 bits per heavy atom. The van der Waals surface area contributed by atoms with Crippen LogP contribution in [0.3, 0.4) is 0 Å². The number of nitrogens with zero attached hydrogens (tertiary/aromatic N) is 1. The van der Waals surface area contributed by atoms with Gasteiger partial charge in [-0.1, -0.05) is 25.5 Å². The Bertz CT molecular complexity index is 479. The van der Waals surface area contributed by atoms with Gasteiger partial charge in [-0.15, -0.1) is 0 Å². The molecule has 1 aromatic carbocycles. The number of hydrogen-bond donors (Lipinski definition) is 1. The summed E-state index contributed by atoms with van der Waals surface area (Å²) < 4.78 is 0. The zero-order chi connectivity index (χ0) is 12.4. The zero-order valence-corrected chi connectivity index (χ0v) is 9.40. The highest BCUT2D eigenvalue weighted by Crippen LogP contribution is 2.18. The van der Waals surface area contributed by atoms with Gasteiger partial charge in [-0.3, -0.25) is 14.9 Å². The van der Waals surface area contributed by atoms with Crippen LogP contribution in [0.2, 0.25) is 0 Å². The van der Waals surface area contributed by atoms with Crippen molar-refractivity contribution >= 4 is 23.5 Å². The smallest absolute Gasteiger partial charge is 0.269 e. The molecular weight excluding hydrogens is 220 g/mol. The molecule has 2 rings (SSSR count). The third-order valence-corrected chi connectivity index (χ3v) is 2.55. The fourth-order valence-corrected chi connectivity index (χ4v) is 1.74. The van der Waals surface area contributed by atoms with Gasteiger partial charge in [-0.05, 0) is 24.1 Å². The molecule has 1 heterocycles. The first kappa shape index (κ1) is 11.3. The lowest BCUT2D eigenvalue weighted by Crippen LogP contribution is -2.30. The molecule has 0 bridgehead atoms. The van der Waals surface area contributed by atoms with Crippen LogP contribution >= 0.6 is 0 Å². The van der Waals surface area contributed by atoms with Crippen molar-refractivity contribution in [2.24, 2.45) is 0 Å². The number of hydrogen-bond acceptors (Lipinski definition) is 3. The van der Waals surface area contributed by atoms with Crippen LogP contribution in [0.4, 0.5) is 10.5 Å². The summed E-state index contributed by atoms with van der Waals surface area (Å²) in [5.74, 6) is -1.72. The zero-order valence-electron chi connectivity index (χ0n) is 9.40. The van der Waals surface area contributed by atoms with Crippen LogP contribution in [0.5, 0.6) is 0 Å². The maximum Gasteiger partial charge on any atom is 0.336 e. The summed E-state index contributed by atoms with van der Waals surface area (Å²) in [4.78, 5) is 34.7. The van der Waals surface area contributed by atoms with E-state index >= 15 is 0 Å². The Balaban J connectivity index is 2.25. The molecule has 0 aromatic heterocycles. The molecule has 0 spiro atoms. The van der Waals surface area contributed by atoms with E-state index < -0.39 is 17.8 Å². The number of anilines is 1. The average molecular weight is 232 g/mol. The fourth-order valence-electron chi connectivity index (χ4n) is 1.74. The maximum absolute atomic E-state index is 11.4. The van der Waals surface area contributed by atoms with Crippen LogP contribution in [0.25, 0.3) is 0 Å². The van der Waals surface area contributed by atoms with Crippen LogP contribution < -0.4 is 10.2 Å². The van der Waals surface area contributed by atoms with E-state index in [0.29, 0.717) is 5.69 Å².